The first-order chi connectivity index (χ1) is 22.7. The summed E-state index contributed by atoms with van der Waals surface area (Å²) in [5.41, 5.74) is 1.51. The second-order valence-corrected chi connectivity index (χ2v) is 14.7. The van der Waals surface area contributed by atoms with Crippen molar-refractivity contribution in [1.29, 1.82) is 0 Å². The number of carbonyl (C=O) groups is 1. The van der Waals surface area contributed by atoms with Crippen LogP contribution >= 0.6 is 23.1 Å². The van der Waals surface area contributed by atoms with Gasteiger partial charge in [-0.1, -0.05) is 12.1 Å². The summed E-state index contributed by atoms with van der Waals surface area (Å²) in [5, 5.41) is 10.1. The first-order valence-corrected chi connectivity index (χ1v) is 17.5. The van der Waals surface area contributed by atoms with Crippen molar-refractivity contribution in [2.75, 3.05) is 31.1 Å². The number of halogens is 3. The highest BCUT2D eigenvalue weighted by Crippen LogP contribution is 2.37. The number of anilines is 1. The van der Waals surface area contributed by atoms with Gasteiger partial charge in [0.25, 0.3) is 0 Å². The van der Waals surface area contributed by atoms with Crippen LogP contribution in [-0.2, 0) is 23.3 Å². The third-order valence-corrected chi connectivity index (χ3v) is 10.3. The molecular weight excluding hydrogens is 660 g/mol. The minimum Gasteiger partial charge on any atom is -0.491 e. The Morgan fingerprint density at radius 1 is 1.00 bits per heavy atom. The van der Waals surface area contributed by atoms with Gasteiger partial charge in [0, 0.05) is 59.5 Å². The number of nitrogens with zero attached hydrogens (tertiary/aromatic N) is 3. The Balaban J connectivity index is 1.30. The topological polar surface area (TPSA) is 75.1 Å². The molecule has 1 aliphatic rings. The number of aryl methyl sites for hydroxylation is 1. The van der Waals surface area contributed by atoms with Crippen LogP contribution in [0.3, 0.4) is 0 Å². The second-order valence-electron chi connectivity index (χ2n) is 12.5. The van der Waals surface area contributed by atoms with E-state index in [1.807, 2.05) is 45.0 Å². The van der Waals surface area contributed by atoms with Crippen LogP contribution in [0.15, 0.2) is 71.6 Å². The zero-order valence-electron chi connectivity index (χ0n) is 27.6. The number of hydrogen-bond acceptors (Lipinski definition) is 8. The monoisotopic (exact) mass is 699 g/mol. The van der Waals surface area contributed by atoms with Crippen LogP contribution in [0, 0.1) is 6.92 Å². The molecule has 4 aromatic rings. The van der Waals surface area contributed by atoms with E-state index < -0.39 is 23.3 Å². The Bertz CT molecular complexity index is 1700. The largest absolute Gasteiger partial charge is 0.491 e. The fourth-order valence-electron chi connectivity index (χ4n) is 5.22. The minimum absolute atomic E-state index is 0.121. The van der Waals surface area contributed by atoms with E-state index in [9.17, 15) is 23.1 Å². The van der Waals surface area contributed by atoms with Crippen LogP contribution in [0.4, 0.5) is 18.9 Å². The molecule has 1 aromatic heterocycles. The lowest BCUT2D eigenvalue weighted by Gasteiger charge is -2.36. The standard InChI is InChI=1S/C36H40F3N3O4S2/c1-23(2)45-28-12-10-27(11-13-28)42-18-16-41(17-19-42)21-30-32(48-33(40-30)25-6-8-26(9-7-25)36(37,38)39)22-47-29-14-15-31(24(3)20-29)46-35(4,5)34(43)44/h6-15,20,23H,16-19,21-22H2,1-5H3,(H,43,44). The highest BCUT2D eigenvalue weighted by Gasteiger charge is 2.31. The summed E-state index contributed by atoms with van der Waals surface area (Å²) < 4.78 is 51.2. The summed E-state index contributed by atoms with van der Waals surface area (Å²) >= 11 is 3.13. The van der Waals surface area contributed by atoms with Crippen molar-refractivity contribution in [3.8, 4) is 22.1 Å². The van der Waals surface area contributed by atoms with Gasteiger partial charge in [-0.15, -0.1) is 23.1 Å². The van der Waals surface area contributed by atoms with Crippen molar-refractivity contribution < 1.29 is 32.5 Å². The van der Waals surface area contributed by atoms with E-state index in [1.54, 1.807) is 17.8 Å². The average Bonchev–Trinajstić information content (AvgIpc) is 3.43. The van der Waals surface area contributed by atoms with Gasteiger partial charge in [-0.05, 0) is 94.8 Å². The predicted octanol–water partition coefficient (Wildman–Crippen LogP) is 8.78. The van der Waals surface area contributed by atoms with Gasteiger partial charge in [0.2, 0.25) is 0 Å². The molecule has 0 radical (unpaired) electrons. The molecule has 2 heterocycles. The quantitative estimate of drug-likeness (QED) is 0.147. The zero-order valence-corrected chi connectivity index (χ0v) is 29.3. The number of rotatable bonds is 12. The van der Waals surface area contributed by atoms with Gasteiger partial charge in [-0.3, -0.25) is 4.90 Å². The SMILES string of the molecule is Cc1cc(SCc2sc(-c3ccc(C(F)(F)F)cc3)nc2CN2CCN(c3ccc(OC(C)C)cc3)CC2)ccc1OC(C)(C)C(=O)O. The highest BCUT2D eigenvalue weighted by atomic mass is 32.2. The number of benzene rings is 3. The van der Waals surface area contributed by atoms with E-state index in [4.69, 9.17) is 14.5 Å². The first kappa shape index (κ1) is 35.6. The molecule has 0 atom stereocenters. The Kier molecular flexibility index (Phi) is 11.0. The van der Waals surface area contributed by atoms with Gasteiger partial charge in [-0.2, -0.15) is 13.2 Å². The van der Waals surface area contributed by atoms with Gasteiger partial charge in [-0.25, -0.2) is 9.78 Å². The number of aliphatic carboxylic acids is 1. The number of aromatic nitrogens is 1. The summed E-state index contributed by atoms with van der Waals surface area (Å²) in [4.78, 5) is 23.3. The lowest BCUT2D eigenvalue weighted by atomic mass is 10.1. The number of piperazine rings is 1. The number of carboxylic acids is 1. The predicted molar refractivity (Wildman–Crippen MR) is 185 cm³/mol. The Morgan fingerprint density at radius 3 is 2.25 bits per heavy atom. The normalized spacial score (nSPS) is 14.4. The fourth-order valence-corrected chi connectivity index (χ4v) is 7.39. The minimum atomic E-state index is -4.40. The average molecular weight is 700 g/mol. The summed E-state index contributed by atoms with van der Waals surface area (Å²) in [5.74, 6) is 0.938. The third-order valence-electron chi connectivity index (χ3n) is 7.95. The Morgan fingerprint density at radius 2 is 1.67 bits per heavy atom. The molecule has 256 valence electrons. The molecule has 0 aliphatic carbocycles. The van der Waals surface area contributed by atoms with E-state index in [1.165, 1.54) is 37.3 Å². The van der Waals surface area contributed by atoms with Gasteiger partial charge in [0.15, 0.2) is 5.60 Å². The van der Waals surface area contributed by atoms with Crippen molar-refractivity contribution >= 4 is 34.8 Å². The molecule has 1 aliphatic heterocycles. The van der Waals surface area contributed by atoms with Crippen LogP contribution in [0.5, 0.6) is 11.5 Å². The summed E-state index contributed by atoms with van der Waals surface area (Å²) in [6.45, 7) is 13.0. The molecular formula is C36H40F3N3O4S2. The van der Waals surface area contributed by atoms with E-state index in [-0.39, 0.29) is 6.10 Å². The first-order valence-electron chi connectivity index (χ1n) is 15.7. The smallest absolute Gasteiger partial charge is 0.416 e. The van der Waals surface area contributed by atoms with Gasteiger partial charge in [0.05, 0.1) is 17.4 Å². The fraction of sp³-hybridized carbons (Fsp3) is 0.389. The van der Waals surface area contributed by atoms with E-state index >= 15 is 0 Å². The molecule has 0 bridgehead atoms. The van der Waals surface area contributed by atoms with Crippen molar-refractivity contribution in [1.82, 2.24) is 9.88 Å². The van der Waals surface area contributed by atoms with Crippen LogP contribution in [-0.4, -0.2) is 58.8 Å². The van der Waals surface area contributed by atoms with Crippen molar-refractivity contribution in [3.05, 3.63) is 88.4 Å². The summed E-state index contributed by atoms with van der Waals surface area (Å²) in [7, 11) is 0. The number of thioether (sulfide) groups is 1. The third kappa shape index (κ3) is 9.03. The summed E-state index contributed by atoms with van der Waals surface area (Å²) in [6, 6.07) is 19.0. The molecule has 7 nitrogen and oxygen atoms in total. The van der Waals surface area contributed by atoms with Crippen molar-refractivity contribution in [2.24, 2.45) is 0 Å². The number of hydrogen-bond donors (Lipinski definition) is 1. The van der Waals surface area contributed by atoms with E-state index in [0.29, 0.717) is 28.6 Å². The molecule has 5 rings (SSSR count). The molecule has 1 N–H and O–H groups in total. The Hall–Kier alpha value is -3.74. The van der Waals surface area contributed by atoms with Crippen LogP contribution in [0.2, 0.25) is 0 Å². The zero-order chi connectivity index (χ0) is 34.6. The number of alkyl halides is 3. The highest BCUT2D eigenvalue weighted by molar-refractivity contribution is 7.98. The lowest BCUT2D eigenvalue weighted by Crippen LogP contribution is -2.46. The molecule has 3 aromatic carbocycles. The number of thiazole rings is 1. The molecule has 0 amide bonds. The van der Waals surface area contributed by atoms with Crippen LogP contribution < -0.4 is 14.4 Å². The molecule has 0 unspecified atom stereocenters. The summed E-state index contributed by atoms with van der Waals surface area (Å²) in [6.07, 6.45) is -4.28. The molecule has 1 fully saturated rings. The maximum Gasteiger partial charge on any atom is 0.416 e. The lowest BCUT2D eigenvalue weighted by molar-refractivity contribution is -0.152. The molecule has 0 spiro atoms. The van der Waals surface area contributed by atoms with E-state index in [2.05, 4.69) is 21.9 Å². The Labute approximate surface area is 287 Å². The van der Waals surface area contributed by atoms with E-state index in [0.717, 1.165) is 70.8 Å². The molecule has 12 heteroatoms. The van der Waals surface area contributed by atoms with Gasteiger partial charge < -0.3 is 19.5 Å². The number of ether oxygens (including phenoxy) is 2. The maximum atomic E-state index is 13.2. The maximum absolute atomic E-state index is 13.2. The molecule has 1 saturated heterocycles. The molecule has 48 heavy (non-hydrogen) atoms. The van der Waals surface area contributed by atoms with Crippen molar-refractivity contribution in [3.63, 3.8) is 0 Å². The van der Waals surface area contributed by atoms with Crippen LogP contribution in [0.25, 0.3) is 10.6 Å². The van der Waals surface area contributed by atoms with Crippen LogP contribution in [0.1, 0.15) is 49.4 Å². The number of carboxylic acid groups (broad SMARTS) is 1. The molecule has 0 saturated carbocycles. The van der Waals surface area contributed by atoms with Crippen molar-refractivity contribution in [2.45, 2.75) is 69.7 Å². The second kappa shape index (κ2) is 14.8. The van der Waals surface area contributed by atoms with Gasteiger partial charge >= 0.3 is 12.1 Å². The van der Waals surface area contributed by atoms with Gasteiger partial charge in [0.1, 0.15) is 16.5 Å².